The fourth-order valence-electron chi connectivity index (χ4n) is 2.16. The molecule has 105 valence electrons. The Hall–Kier alpha value is -0.540. The summed E-state index contributed by atoms with van der Waals surface area (Å²) in [6, 6.07) is 1.06. The monoisotopic (exact) mass is 301 g/mol. The Kier molecular flexibility index (Phi) is 8.35. The third-order valence-corrected chi connectivity index (χ3v) is 3.86. The lowest BCUT2D eigenvalue weighted by molar-refractivity contribution is 0.463. The maximum absolute atomic E-state index is 12.0. The number of halogens is 2. The number of nitrogens with zero attached hydrogens (tertiary/aromatic N) is 2. The van der Waals surface area contributed by atoms with Crippen LogP contribution in [0.4, 0.5) is 0 Å². The standard InChI is InChI=1S/C12H15Cl2N2O.2CH2/c13-10-8-15-16(12(17)11(10)14)9-6-4-2-1-3-5-7-9;;/h8H,1-7H2;2*1H2. The Balaban J connectivity index is 0.00000162. The average molecular weight is 302 g/mol. The van der Waals surface area contributed by atoms with Crippen molar-refractivity contribution in [1.82, 2.24) is 9.78 Å². The highest BCUT2D eigenvalue weighted by molar-refractivity contribution is 6.41. The van der Waals surface area contributed by atoms with E-state index in [9.17, 15) is 4.79 Å². The summed E-state index contributed by atoms with van der Waals surface area (Å²) in [5.74, 6) is 0. The molecule has 1 aliphatic rings. The van der Waals surface area contributed by atoms with E-state index in [-0.39, 0.29) is 30.5 Å². The second-order valence-corrected chi connectivity index (χ2v) is 5.14. The predicted molar refractivity (Wildman–Crippen MR) is 80.2 cm³/mol. The third-order valence-electron chi connectivity index (χ3n) is 3.11. The maximum Gasteiger partial charge on any atom is 0.287 e. The molecule has 1 saturated carbocycles. The summed E-state index contributed by atoms with van der Waals surface area (Å²) >= 11 is 11.6. The van der Waals surface area contributed by atoms with Crippen LogP contribution in [0.3, 0.4) is 0 Å². The molecule has 3 nitrogen and oxygen atoms in total. The van der Waals surface area contributed by atoms with Crippen LogP contribution in [0, 0.1) is 20.9 Å². The maximum atomic E-state index is 12.0. The first-order valence-electron chi connectivity index (χ1n) is 5.98. The molecule has 0 N–H and O–H groups in total. The average Bonchev–Trinajstić information content (AvgIpc) is 2.27. The highest BCUT2D eigenvalue weighted by Gasteiger charge is 2.18. The minimum atomic E-state index is -0.297. The van der Waals surface area contributed by atoms with Gasteiger partial charge in [-0.25, -0.2) is 4.68 Å². The number of aromatic nitrogens is 2. The van der Waals surface area contributed by atoms with Crippen molar-refractivity contribution in [2.24, 2.45) is 0 Å². The molecule has 1 aromatic heterocycles. The summed E-state index contributed by atoms with van der Waals surface area (Å²) in [6.45, 7) is 0. The van der Waals surface area contributed by atoms with Gasteiger partial charge in [-0.2, -0.15) is 5.10 Å². The molecule has 2 rings (SSSR count). The van der Waals surface area contributed by atoms with E-state index in [0.29, 0.717) is 0 Å². The predicted octanol–water partition coefficient (Wildman–Crippen LogP) is 4.33. The van der Waals surface area contributed by atoms with Crippen molar-refractivity contribution in [2.45, 2.75) is 44.9 Å². The molecule has 0 amide bonds. The van der Waals surface area contributed by atoms with Crippen molar-refractivity contribution in [2.75, 3.05) is 0 Å². The second-order valence-electron chi connectivity index (χ2n) is 4.36. The van der Waals surface area contributed by atoms with E-state index in [0.717, 1.165) is 31.7 Å². The number of hydrogen-bond donors (Lipinski definition) is 0. The van der Waals surface area contributed by atoms with E-state index < -0.39 is 0 Å². The largest absolute Gasteiger partial charge is 0.287 e. The molecule has 0 atom stereocenters. The summed E-state index contributed by atoms with van der Waals surface area (Å²) < 4.78 is 1.43. The first-order chi connectivity index (χ1) is 8.20. The molecule has 0 bridgehead atoms. The van der Waals surface area contributed by atoms with Gasteiger partial charge < -0.3 is 0 Å². The minimum Gasteiger partial charge on any atom is -0.266 e. The molecule has 1 fully saturated rings. The van der Waals surface area contributed by atoms with Crippen LogP contribution >= 0.6 is 23.2 Å². The molecule has 0 saturated heterocycles. The van der Waals surface area contributed by atoms with Crippen molar-refractivity contribution in [3.63, 3.8) is 0 Å². The summed E-state index contributed by atoms with van der Waals surface area (Å²) in [4.78, 5) is 12.0. The van der Waals surface area contributed by atoms with E-state index in [1.807, 2.05) is 0 Å². The zero-order valence-corrected chi connectivity index (χ0v) is 12.5. The van der Waals surface area contributed by atoms with E-state index >= 15 is 0 Å². The van der Waals surface area contributed by atoms with Gasteiger partial charge in [0, 0.05) is 0 Å². The topological polar surface area (TPSA) is 34.9 Å². The van der Waals surface area contributed by atoms with E-state index in [2.05, 4.69) is 5.10 Å². The summed E-state index contributed by atoms with van der Waals surface area (Å²) in [7, 11) is 0. The highest BCUT2D eigenvalue weighted by Crippen LogP contribution is 2.25. The Morgan fingerprint density at radius 3 is 2.11 bits per heavy atom. The molecule has 0 aromatic carbocycles. The number of hydrogen-bond acceptors (Lipinski definition) is 2. The Labute approximate surface area is 125 Å². The molecule has 5 radical (unpaired) electrons. The van der Waals surface area contributed by atoms with Gasteiger partial charge in [0.15, 0.2) is 0 Å². The van der Waals surface area contributed by atoms with Crippen molar-refractivity contribution in [3.8, 4) is 0 Å². The molecule has 0 aliphatic heterocycles. The molecule has 1 heterocycles. The van der Waals surface area contributed by atoms with Gasteiger partial charge in [0.25, 0.3) is 5.56 Å². The van der Waals surface area contributed by atoms with Crippen LogP contribution in [0.15, 0.2) is 11.0 Å². The molecular formula is C14H19Cl2N2O. The van der Waals surface area contributed by atoms with Crippen molar-refractivity contribution >= 4 is 23.2 Å². The minimum absolute atomic E-state index is 0. The summed E-state index contributed by atoms with van der Waals surface area (Å²) in [6.07, 6.45) is 9.25. The summed E-state index contributed by atoms with van der Waals surface area (Å²) in [5.41, 5.74) is -0.297. The van der Waals surface area contributed by atoms with Crippen LogP contribution < -0.4 is 5.56 Å². The van der Waals surface area contributed by atoms with Gasteiger partial charge in [0.1, 0.15) is 5.02 Å². The third kappa shape index (κ3) is 4.50. The lowest BCUT2D eigenvalue weighted by atomic mass is 9.97. The van der Waals surface area contributed by atoms with Crippen molar-refractivity contribution < 1.29 is 0 Å². The van der Waals surface area contributed by atoms with Gasteiger partial charge in [-0.1, -0.05) is 70.2 Å². The quantitative estimate of drug-likeness (QED) is 0.774. The van der Waals surface area contributed by atoms with Crippen LogP contribution in [-0.4, -0.2) is 9.78 Å². The Bertz CT molecular complexity index is 438. The molecule has 0 unspecified atom stereocenters. The highest BCUT2D eigenvalue weighted by atomic mass is 35.5. The van der Waals surface area contributed by atoms with Gasteiger partial charge in [-0.15, -0.1) is 0 Å². The lowest BCUT2D eigenvalue weighted by Gasteiger charge is -2.19. The SMILES string of the molecule is O=c1c(Cl)c(Cl)cnn1[C]1CCCCCCC1.[CH2].[CH2]. The zero-order chi connectivity index (χ0) is 12.3. The molecule has 1 aromatic rings. The molecule has 5 heteroatoms. The first kappa shape index (κ1) is 18.5. The summed E-state index contributed by atoms with van der Waals surface area (Å²) in [5, 5.41) is 4.37. The normalized spacial score (nSPS) is 16.7. The van der Waals surface area contributed by atoms with Crippen LogP contribution in [0.25, 0.3) is 0 Å². The Morgan fingerprint density at radius 1 is 1.00 bits per heavy atom. The number of rotatable bonds is 1. The second kappa shape index (κ2) is 8.60. The van der Waals surface area contributed by atoms with Gasteiger partial charge in [0.2, 0.25) is 0 Å². The fourth-order valence-corrected chi connectivity index (χ4v) is 2.42. The van der Waals surface area contributed by atoms with Crippen LogP contribution in [0.1, 0.15) is 44.9 Å². The fraction of sp³-hybridized carbons (Fsp3) is 0.500. The molecule has 19 heavy (non-hydrogen) atoms. The smallest absolute Gasteiger partial charge is 0.266 e. The van der Waals surface area contributed by atoms with Crippen LogP contribution in [0.5, 0.6) is 0 Å². The zero-order valence-electron chi connectivity index (χ0n) is 11.0. The van der Waals surface area contributed by atoms with Crippen LogP contribution in [-0.2, 0) is 0 Å². The van der Waals surface area contributed by atoms with Gasteiger partial charge in [-0.05, 0) is 12.8 Å². The van der Waals surface area contributed by atoms with Gasteiger partial charge in [0.05, 0.1) is 17.3 Å². The van der Waals surface area contributed by atoms with E-state index in [4.69, 9.17) is 23.2 Å². The van der Waals surface area contributed by atoms with Crippen LogP contribution in [0.2, 0.25) is 10.0 Å². The lowest BCUT2D eigenvalue weighted by Crippen LogP contribution is -2.28. The van der Waals surface area contributed by atoms with Crippen molar-refractivity contribution in [3.05, 3.63) is 47.5 Å². The van der Waals surface area contributed by atoms with E-state index in [1.165, 1.54) is 30.1 Å². The van der Waals surface area contributed by atoms with Gasteiger partial charge >= 0.3 is 0 Å². The van der Waals surface area contributed by atoms with Gasteiger partial charge in [-0.3, -0.25) is 4.79 Å². The molecular weight excluding hydrogens is 283 g/mol. The molecule has 0 spiro atoms. The van der Waals surface area contributed by atoms with Crippen molar-refractivity contribution in [1.29, 1.82) is 0 Å². The van der Waals surface area contributed by atoms with E-state index in [1.54, 1.807) is 0 Å². The first-order valence-corrected chi connectivity index (χ1v) is 6.74. The Morgan fingerprint density at radius 2 is 1.53 bits per heavy atom. The molecule has 1 aliphatic carbocycles.